The van der Waals surface area contributed by atoms with Crippen LogP contribution in [0.25, 0.3) is 11.2 Å². The van der Waals surface area contributed by atoms with Crippen LogP contribution in [0.3, 0.4) is 0 Å². The average Bonchev–Trinajstić information content (AvgIpc) is 3.22. The van der Waals surface area contributed by atoms with Gasteiger partial charge in [-0.2, -0.15) is 0 Å². The van der Waals surface area contributed by atoms with E-state index in [4.69, 9.17) is 16.6 Å². The molecule has 1 aliphatic rings. The van der Waals surface area contributed by atoms with Crippen LogP contribution in [-0.4, -0.2) is 48.9 Å². The van der Waals surface area contributed by atoms with E-state index in [0.717, 1.165) is 24.0 Å². The molecule has 1 aliphatic heterocycles. The van der Waals surface area contributed by atoms with Crippen molar-refractivity contribution in [3.63, 3.8) is 0 Å². The maximum atomic E-state index is 12.8. The van der Waals surface area contributed by atoms with Crippen molar-refractivity contribution in [2.45, 2.75) is 32.2 Å². The van der Waals surface area contributed by atoms with Gasteiger partial charge in [-0.25, -0.2) is 9.67 Å². The van der Waals surface area contributed by atoms with E-state index in [0.29, 0.717) is 41.7 Å². The summed E-state index contributed by atoms with van der Waals surface area (Å²) in [4.78, 5) is 34.9. The molecule has 33 heavy (non-hydrogen) atoms. The Morgan fingerprint density at radius 3 is 2.64 bits per heavy atom. The molecular formula is C24H23ClN6O2. The minimum absolute atomic E-state index is 0.0363. The first-order valence-electron chi connectivity index (χ1n) is 10.9. The van der Waals surface area contributed by atoms with Crippen LogP contribution in [0.5, 0.6) is 0 Å². The van der Waals surface area contributed by atoms with E-state index in [9.17, 15) is 9.59 Å². The zero-order chi connectivity index (χ0) is 22.9. The maximum absolute atomic E-state index is 12.8. The van der Waals surface area contributed by atoms with E-state index >= 15 is 0 Å². The van der Waals surface area contributed by atoms with Gasteiger partial charge >= 0.3 is 0 Å². The highest BCUT2D eigenvalue weighted by Gasteiger charge is 2.27. The van der Waals surface area contributed by atoms with Crippen LogP contribution in [0.1, 0.15) is 46.1 Å². The first-order chi connectivity index (χ1) is 16.0. The van der Waals surface area contributed by atoms with E-state index in [2.05, 4.69) is 15.3 Å². The number of fused-ring (bicyclic) bond motifs is 1. The Morgan fingerprint density at radius 2 is 1.91 bits per heavy atom. The Labute approximate surface area is 195 Å². The number of halogens is 1. The number of hydrogen-bond acceptors (Lipinski definition) is 5. The number of carbonyl (C=O) groups is 1. The standard InChI is InChI=1S/C24H23ClN6O2/c1-15-5-7-18(8-6-15)24(33)30-11-9-17(10-12-30)21-26-22-20(23(32)27-21)28-29-31(22)14-16-3-2-4-19(25)13-16/h2-8,13,17H,9-12,14H2,1H3,(H,26,27,32). The van der Waals surface area contributed by atoms with Gasteiger partial charge in [0.15, 0.2) is 11.2 Å². The van der Waals surface area contributed by atoms with Gasteiger partial charge in [-0.05, 0) is 49.6 Å². The third kappa shape index (κ3) is 4.39. The summed E-state index contributed by atoms with van der Waals surface area (Å²) in [5.74, 6) is 0.706. The molecule has 0 aliphatic carbocycles. The molecule has 0 spiro atoms. The third-order valence-corrected chi connectivity index (χ3v) is 6.32. The molecule has 4 aromatic rings. The minimum Gasteiger partial charge on any atom is -0.339 e. The normalized spacial score (nSPS) is 14.7. The average molecular weight is 463 g/mol. The molecular weight excluding hydrogens is 440 g/mol. The number of rotatable bonds is 4. The molecule has 0 radical (unpaired) electrons. The number of benzene rings is 2. The van der Waals surface area contributed by atoms with Crippen molar-refractivity contribution in [1.29, 1.82) is 0 Å². The summed E-state index contributed by atoms with van der Waals surface area (Å²) in [7, 11) is 0. The van der Waals surface area contributed by atoms with Crippen molar-refractivity contribution in [3.8, 4) is 0 Å². The molecule has 1 saturated heterocycles. The summed E-state index contributed by atoms with van der Waals surface area (Å²) in [6.07, 6.45) is 1.45. The fraction of sp³-hybridized carbons (Fsp3) is 0.292. The fourth-order valence-corrected chi connectivity index (χ4v) is 4.44. The molecule has 0 atom stereocenters. The Kier molecular flexibility index (Phi) is 5.68. The lowest BCUT2D eigenvalue weighted by atomic mass is 9.95. The number of nitrogens with zero attached hydrogens (tertiary/aromatic N) is 5. The summed E-state index contributed by atoms with van der Waals surface area (Å²) in [5.41, 5.74) is 3.13. The molecule has 0 unspecified atom stereocenters. The lowest BCUT2D eigenvalue weighted by Crippen LogP contribution is -2.38. The number of hydrogen-bond donors (Lipinski definition) is 1. The Morgan fingerprint density at radius 1 is 1.15 bits per heavy atom. The van der Waals surface area contributed by atoms with E-state index in [-0.39, 0.29) is 22.9 Å². The molecule has 3 heterocycles. The first kappa shape index (κ1) is 21.3. The molecule has 1 fully saturated rings. The summed E-state index contributed by atoms with van der Waals surface area (Å²) >= 11 is 6.09. The lowest BCUT2D eigenvalue weighted by Gasteiger charge is -2.31. The number of aromatic nitrogens is 5. The van der Waals surface area contributed by atoms with E-state index in [1.165, 1.54) is 0 Å². The summed E-state index contributed by atoms with van der Waals surface area (Å²) in [6.45, 7) is 3.63. The van der Waals surface area contributed by atoms with Crippen LogP contribution in [0, 0.1) is 6.92 Å². The molecule has 168 valence electrons. The van der Waals surface area contributed by atoms with Crippen LogP contribution in [0.4, 0.5) is 0 Å². The van der Waals surface area contributed by atoms with E-state index in [1.54, 1.807) is 4.68 Å². The van der Waals surface area contributed by atoms with Crippen LogP contribution in [-0.2, 0) is 6.54 Å². The van der Waals surface area contributed by atoms with Crippen molar-refractivity contribution in [3.05, 3.63) is 86.4 Å². The van der Waals surface area contributed by atoms with Gasteiger partial charge in [0.1, 0.15) is 5.82 Å². The second kappa shape index (κ2) is 8.78. The van der Waals surface area contributed by atoms with Gasteiger partial charge in [-0.15, -0.1) is 5.10 Å². The molecule has 5 rings (SSSR count). The summed E-state index contributed by atoms with van der Waals surface area (Å²) in [6, 6.07) is 15.1. The molecule has 1 N–H and O–H groups in total. The van der Waals surface area contributed by atoms with Crippen molar-refractivity contribution < 1.29 is 4.79 Å². The molecule has 9 heteroatoms. The quantitative estimate of drug-likeness (QED) is 0.500. The zero-order valence-electron chi connectivity index (χ0n) is 18.2. The fourth-order valence-electron chi connectivity index (χ4n) is 4.23. The number of H-pyrrole nitrogens is 1. The van der Waals surface area contributed by atoms with Gasteiger partial charge in [0.2, 0.25) is 0 Å². The molecule has 2 aromatic heterocycles. The topological polar surface area (TPSA) is 96.8 Å². The second-order valence-electron chi connectivity index (χ2n) is 8.43. The third-order valence-electron chi connectivity index (χ3n) is 6.08. The van der Waals surface area contributed by atoms with Crippen molar-refractivity contribution in [2.24, 2.45) is 0 Å². The highest BCUT2D eigenvalue weighted by atomic mass is 35.5. The van der Waals surface area contributed by atoms with Gasteiger partial charge in [-0.1, -0.05) is 46.6 Å². The Hall–Kier alpha value is -3.52. The number of likely N-dealkylation sites (tertiary alicyclic amines) is 1. The lowest BCUT2D eigenvalue weighted by molar-refractivity contribution is 0.0711. The summed E-state index contributed by atoms with van der Waals surface area (Å²) < 4.78 is 1.62. The molecule has 0 bridgehead atoms. The zero-order valence-corrected chi connectivity index (χ0v) is 18.9. The number of aryl methyl sites for hydroxylation is 1. The number of carbonyl (C=O) groups excluding carboxylic acids is 1. The van der Waals surface area contributed by atoms with Gasteiger partial charge in [-0.3, -0.25) is 9.59 Å². The van der Waals surface area contributed by atoms with Crippen LogP contribution < -0.4 is 5.56 Å². The van der Waals surface area contributed by atoms with Gasteiger partial charge in [0.05, 0.1) is 6.54 Å². The van der Waals surface area contributed by atoms with Crippen LogP contribution in [0.15, 0.2) is 53.3 Å². The molecule has 0 saturated carbocycles. The number of aromatic amines is 1. The molecule has 2 aromatic carbocycles. The first-order valence-corrected chi connectivity index (χ1v) is 11.3. The van der Waals surface area contributed by atoms with Crippen LogP contribution in [0.2, 0.25) is 5.02 Å². The highest BCUT2D eigenvalue weighted by Crippen LogP contribution is 2.26. The number of nitrogens with one attached hydrogen (secondary N) is 1. The summed E-state index contributed by atoms with van der Waals surface area (Å²) in [5, 5.41) is 8.78. The van der Waals surface area contributed by atoms with Gasteiger partial charge < -0.3 is 9.88 Å². The largest absolute Gasteiger partial charge is 0.339 e. The monoisotopic (exact) mass is 462 g/mol. The van der Waals surface area contributed by atoms with Crippen LogP contribution >= 0.6 is 11.6 Å². The Balaban J connectivity index is 1.34. The number of piperidine rings is 1. The van der Waals surface area contributed by atoms with Gasteiger partial charge in [0, 0.05) is 29.6 Å². The number of amides is 1. The van der Waals surface area contributed by atoms with Gasteiger partial charge in [0.25, 0.3) is 11.5 Å². The molecule has 1 amide bonds. The second-order valence-corrected chi connectivity index (χ2v) is 8.87. The smallest absolute Gasteiger partial charge is 0.281 e. The van der Waals surface area contributed by atoms with Crippen molar-refractivity contribution in [1.82, 2.24) is 29.9 Å². The molecule has 8 nitrogen and oxygen atoms in total. The maximum Gasteiger partial charge on any atom is 0.281 e. The van der Waals surface area contributed by atoms with E-state index < -0.39 is 0 Å². The van der Waals surface area contributed by atoms with E-state index in [1.807, 2.05) is 60.4 Å². The highest BCUT2D eigenvalue weighted by molar-refractivity contribution is 6.30. The predicted octanol–water partition coefficient (Wildman–Crippen LogP) is 3.54. The Bertz CT molecular complexity index is 1370. The minimum atomic E-state index is -0.300. The predicted molar refractivity (Wildman–Crippen MR) is 126 cm³/mol. The van der Waals surface area contributed by atoms with Crippen molar-refractivity contribution in [2.75, 3.05) is 13.1 Å². The van der Waals surface area contributed by atoms with Crippen molar-refractivity contribution >= 4 is 28.7 Å². The SMILES string of the molecule is Cc1ccc(C(=O)N2CCC(c3nc4c(nnn4Cc4cccc(Cl)c4)c(=O)[nH]3)CC2)cc1.